The minimum Gasteiger partial charge on any atom is -0.313 e. The summed E-state index contributed by atoms with van der Waals surface area (Å²) in [6, 6.07) is 0.328. The Kier molecular flexibility index (Phi) is 4.26. The van der Waals surface area contributed by atoms with Crippen LogP contribution in [0.1, 0.15) is 19.3 Å². The molecule has 16 heavy (non-hydrogen) atoms. The molecule has 0 amide bonds. The lowest BCUT2D eigenvalue weighted by Gasteiger charge is -2.22. The van der Waals surface area contributed by atoms with Crippen molar-refractivity contribution in [3.8, 4) is 0 Å². The van der Waals surface area contributed by atoms with E-state index in [1.165, 1.54) is 25.2 Å². The SMILES string of the molecule is O=[S@](C[C@@H]1CCCCN1)c1ncc(Cl)cn1. The largest absolute Gasteiger partial charge is 0.313 e. The van der Waals surface area contributed by atoms with Crippen molar-refractivity contribution in [2.75, 3.05) is 12.3 Å². The summed E-state index contributed by atoms with van der Waals surface area (Å²) in [5.41, 5.74) is 0. The highest BCUT2D eigenvalue weighted by Gasteiger charge is 2.17. The molecular formula is C10H14ClN3OS. The smallest absolute Gasteiger partial charge is 0.218 e. The maximum absolute atomic E-state index is 11.9. The van der Waals surface area contributed by atoms with Gasteiger partial charge in [0.2, 0.25) is 5.16 Å². The molecule has 0 aliphatic carbocycles. The molecule has 1 fully saturated rings. The lowest BCUT2D eigenvalue weighted by Crippen LogP contribution is -2.38. The summed E-state index contributed by atoms with van der Waals surface area (Å²) in [5, 5.41) is 4.20. The predicted octanol–water partition coefficient (Wildman–Crippen LogP) is 1.38. The van der Waals surface area contributed by atoms with Gasteiger partial charge in [-0.1, -0.05) is 18.0 Å². The van der Waals surface area contributed by atoms with Crippen molar-refractivity contribution >= 4 is 22.4 Å². The van der Waals surface area contributed by atoms with E-state index < -0.39 is 10.8 Å². The van der Waals surface area contributed by atoms with E-state index in [0.717, 1.165) is 13.0 Å². The number of hydrogen-bond donors (Lipinski definition) is 1. The highest BCUT2D eigenvalue weighted by molar-refractivity contribution is 7.84. The number of piperidine rings is 1. The van der Waals surface area contributed by atoms with Gasteiger partial charge in [-0.05, 0) is 19.4 Å². The molecular weight excluding hydrogens is 246 g/mol. The molecule has 0 saturated carbocycles. The molecule has 4 nitrogen and oxygen atoms in total. The molecule has 1 N–H and O–H groups in total. The Balaban J connectivity index is 1.94. The van der Waals surface area contributed by atoms with Crippen LogP contribution in [0.4, 0.5) is 0 Å². The summed E-state index contributed by atoms with van der Waals surface area (Å²) < 4.78 is 11.9. The maximum Gasteiger partial charge on any atom is 0.218 e. The van der Waals surface area contributed by atoms with Gasteiger partial charge in [0.05, 0.1) is 28.2 Å². The molecule has 0 unspecified atom stereocenters. The molecule has 0 spiro atoms. The lowest BCUT2D eigenvalue weighted by molar-refractivity contribution is 0.427. The Morgan fingerprint density at radius 3 is 2.81 bits per heavy atom. The number of rotatable bonds is 3. The fourth-order valence-corrected chi connectivity index (χ4v) is 2.98. The molecule has 6 heteroatoms. The van der Waals surface area contributed by atoms with Crippen molar-refractivity contribution in [1.82, 2.24) is 15.3 Å². The van der Waals surface area contributed by atoms with E-state index in [2.05, 4.69) is 15.3 Å². The van der Waals surface area contributed by atoms with Crippen LogP contribution in [0.5, 0.6) is 0 Å². The second-order valence-electron chi connectivity index (χ2n) is 3.84. The molecule has 88 valence electrons. The summed E-state index contributed by atoms with van der Waals surface area (Å²) in [6.07, 6.45) is 6.46. The van der Waals surface area contributed by atoms with Crippen molar-refractivity contribution in [1.29, 1.82) is 0 Å². The van der Waals surface area contributed by atoms with Gasteiger partial charge in [0.15, 0.2) is 0 Å². The van der Waals surface area contributed by atoms with E-state index >= 15 is 0 Å². The standard InChI is InChI=1S/C10H14ClN3OS/c11-8-5-13-10(14-6-8)16(15)7-9-3-1-2-4-12-9/h5-6,9,12H,1-4,7H2/t9-,16+/m0/s1. The first-order valence-corrected chi connectivity index (χ1v) is 7.05. The summed E-state index contributed by atoms with van der Waals surface area (Å²) in [6.45, 7) is 1.02. The van der Waals surface area contributed by atoms with Gasteiger partial charge in [-0.2, -0.15) is 0 Å². The second-order valence-corrected chi connectivity index (χ2v) is 5.67. The minimum absolute atomic E-state index is 0.328. The number of halogens is 1. The Morgan fingerprint density at radius 2 is 2.19 bits per heavy atom. The zero-order valence-corrected chi connectivity index (χ0v) is 10.4. The topological polar surface area (TPSA) is 54.9 Å². The van der Waals surface area contributed by atoms with Gasteiger partial charge in [-0.3, -0.25) is 4.21 Å². The van der Waals surface area contributed by atoms with Gasteiger partial charge in [0.25, 0.3) is 0 Å². The molecule has 0 bridgehead atoms. The van der Waals surface area contributed by atoms with Crippen LogP contribution in [0.15, 0.2) is 17.6 Å². The van der Waals surface area contributed by atoms with Crippen LogP contribution < -0.4 is 5.32 Å². The van der Waals surface area contributed by atoms with Crippen molar-refractivity contribution in [2.24, 2.45) is 0 Å². The van der Waals surface area contributed by atoms with E-state index in [0.29, 0.717) is 22.0 Å². The van der Waals surface area contributed by atoms with Crippen LogP contribution in [0.2, 0.25) is 5.02 Å². The first kappa shape index (κ1) is 12.0. The Labute approximate surface area is 102 Å². The number of hydrogen-bond acceptors (Lipinski definition) is 4. The molecule has 1 aliphatic rings. The fraction of sp³-hybridized carbons (Fsp3) is 0.600. The van der Waals surface area contributed by atoms with Crippen LogP contribution in [0, 0.1) is 0 Å². The van der Waals surface area contributed by atoms with Gasteiger partial charge in [0.1, 0.15) is 0 Å². The van der Waals surface area contributed by atoms with E-state index in [1.807, 2.05) is 0 Å². The van der Waals surface area contributed by atoms with Crippen molar-refractivity contribution in [2.45, 2.75) is 30.5 Å². The van der Waals surface area contributed by atoms with Gasteiger partial charge < -0.3 is 5.32 Å². The molecule has 1 aromatic rings. The highest BCUT2D eigenvalue weighted by Crippen LogP contribution is 2.11. The summed E-state index contributed by atoms with van der Waals surface area (Å²) in [7, 11) is -1.13. The molecule has 1 aromatic heterocycles. The molecule has 1 saturated heterocycles. The van der Waals surface area contributed by atoms with Crippen LogP contribution in [0.3, 0.4) is 0 Å². The van der Waals surface area contributed by atoms with E-state index in [1.54, 1.807) is 0 Å². The van der Waals surface area contributed by atoms with Gasteiger partial charge in [-0.15, -0.1) is 0 Å². The summed E-state index contributed by atoms with van der Waals surface area (Å²) in [5.74, 6) is 0.585. The van der Waals surface area contributed by atoms with Crippen LogP contribution >= 0.6 is 11.6 Å². The average molecular weight is 260 g/mol. The predicted molar refractivity (Wildman–Crippen MR) is 64.0 cm³/mol. The van der Waals surface area contributed by atoms with Crippen LogP contribution in [-0.4, -0.2) is 32.5 Å². The molecule has 2 rings (SSSR count). The number of aromatic nitrogens is 2. The third-order valence-corrected chi connectivity index (χ3v) is 4.08. The first-order valence-electron chi connectivity index (χ1n) is 5.35. The molecule has 2 heterocycles. The highest BCUT2D eigenvalue weighted by atomic mass is 35.5. The number of nitrogens with one attached hydrogen (secondary N) is 1. The fourth-order valence-electron chi connectivity index (χ4n) is 1.74. The summed E-state index contributed by atoms with van der Waals surface area (Å²) in [4.78, 5) is 7.95. The average Bonchev–Trinajstić information content (AvgIpc) is 2.31. The van der Waals surface area contributed by atoms with E-state index in [9.17, 15) is 4.21 Å². The van der Waals surface area contributed by atoms with Crippen molar-refractivity contribution in [3.05, 3.63) is 17.4 Å². The first-order chi connectivity index (χ1) is 7.75. The van der Waals surface area contributed by atoms with Crippen LogP contribution in [-0.2, 0) is 10.8 Å². The zero-order valence-electron chi connectivity index (χ0n) is 8.86. The Morgan fingerprint density at radius 1 is 1.44 bits per heavy atom. The lowest BCUT2D eigenvalue weighted by atomic mass is 10.1. The third-order valence-electron chi connectivity index (χ3n) is 2.57. The Hall–Kier alpha value is -0.520. The molecule has 0 radical (unpaired) electrons. The van der Waals surface area contributed by atoms with E-state index in [-0.39, 0.29) is 0 Å². The van der Waals surface area contributed by atoms with Gasteiger partial charge in [-0.25, -0.2) is 9.97 Å². The molecule has 1 aliphatic heterocycles. The van der Waals surface area contributed by atoms with Crippen molar-refractivity contribution < 1.29 is 4.21 Å². The third kappa shape index (κ3) is 3.23. The molecule has 2 atom stereocenters. The second kappa shape index (κ2) is 5.70. The zero-order chi connectivity index (χ0) is 11.4. The maximum atomic E-state index is 11.9. The summed E-state index contributed by atoms with van der Waals surface area (Å²) >= 11 is 5.67. The van der Waals surface area contributed by atoms with E-state index in [4.69, 9.17) is 11.6 Å². The normalized spacial score (nSPS) is 22.9. The van der Waals surface area contributed by atoms with Crippen molar-refractivity contribution in [3.63, 3.8) is 0 Å². The minimum atomic E-state index is -1.13. The van der Waals surface area contributed by atoms with Gasteiger partial charge >= 0.3 is 0 Å². The monoisotopic (exact) mass is 259 g/mol. The Bertz CT molecular complexity index is 365. The quantitative estimate of drug-likeness (QED) is 0.834. The van der Waals surface area contributed by atoms with Gasteiger partial charge in [0, 0.05) is 11.8 Å². The van der Waals surface area contributed by atoms with Crippen LogP contribution in [0.25, 0.3) is 0 Å². The number of nitrogens with zero attached hydrogens (tertiary/aromatic N) is 2. The molecule has 0 aromatic carbocycles.